The number of nitrogens with one attached hydrogen (secondary N) is 1. The first-order chi connectivity index (χ1) is 14.7. The zero-order valence-electron chi connectivity index (χ0n) is 17.2. The van der Waals surface area contributed by atoms with Crippen LogP contribution in [0, 0.1) is 17.2 Å². The number of nitriles is 1. The molecule has 1 aliphatic carbocycles. The molecule has 1 atom stereocenters. The molecule has 1 aromatic heterocycles. The second-order valence-electron chi connectivity index (χ2n) is 7.96. The van der Waals surface area contributed by atoms with Crippen LogP contribution >= 0.6 is 11.3 Å². The van der Waals surface area contributed by atoms with E-state index < -0.39 is 0 Å². The van der Waals surface area contributed by atoms with Gasteiger partial charge in [0.05, 0.1) is 5.56 Å². The average molecular weight is 415 g/mol. The molecule has 152 valence electrons. The molecule has 4 rings (SSSR count). The van der Waals surface area contributed by atoms with E-state index in [0.717, 1.165) is 47.4 Å². The van der Waals surface area contributed by atoms with Crippen molar-refractivity contribution >= 4 is 22.2 Å². The Bertz CT molecular complexity index is 1010. The number of nitrogens with zero attached hydrogens (tertiary/aromatic N) is 1. The largest absolute Gasteiger partial charge is 0.317 e. The van der Waals surface area contributed by atoms with E-state index in [4.69, 9.17) is 0 Å². The van der Waals surface area contributed by atoms with Gasteiger partial charge in [-0.15, -0.1) is 11.3 Å². The predicted molar refractivity (Wildman–Crippen MR) is 123 cm³/mol. The van der Waals surface area contributed by atoms with E-state index in [2.05, 4.69) is 42.6 Å². The van der Waals surface area contributed by atoms with Crippen LogP contribution in [0.1, 0.15) is 59.2 Å². The molecule has 1 N–H and O–H groups in total. The molecular weight excluding hydrogens is 388 g/mol. The number of amides is 1. The fourth-order valence-electron chi connectivity index (χ4n) is 4.37. The first-order valence-corrected chi connectivity index (χ1v) is 11.5. The van der Waals surface area contributed by atoms with Crippen molar-refractivity contribution in [1.82, 2.24) is 0 Å². The van der Waals surface area contributed by atoms with Crippen LogP contribution in [-0.4, -0.2) is 5.91 Å². The lowest BCUT2D eigenvalue weighted by molar-refractivity contribution is -0.116. The molecule has 0 radical (unpaired) electrons. The van der Waals surface area contributed by atoms with E-state index in [9.17, 15) is 10.1 Å². The van der Waals surface area contributed by atoms with Crippen molar-refractivity contribution in [3.63, 3.8) is 0 Å². The molecule has 0 spiro atoms. The number of carbonyl (C=O) groups excluding carboxylic acids is 1. The van der Waals surface area contributed by atoms with Crippen molar-refractivity contribution in [3.05, 3.63) is 87.8 Å². The van der Waals surface area contributed by atoms with Gasteiger partial charge in [-0.05, 0) is 41.9 Å². The van der Waals surface area contributed by atoms with Crippen LogP contribution in [0.25, 0.3) is 0 Å². The highest BCUT2D eigenvalue weighted by molar-refractivity contribution is 7.16. The first-order valence-electron chi connectivity index (χ1n) is 10.6. The smallest absolute Gasteiger partial charge is 0.225 e. The van der Waals surface area contributed by atoms with E-state index in [1.165, 1.54) is 4.88 Å². The van der Waals surface area contributed by atoms with E-state index in [1.807, 2.05) is 36.4 Å². The minimum Gasteiger partial charge on any atom is -0.317 e. The number of fused-ring (bicyclic) bond motifs is 1. The zero-order chi connectivity index (χ0) is 20.9. The molecule has 0 saturated heterocycles. The first kappa shape index (κ1) is 20.4. The van der Waals surface area contributed by atoms with Gasteiger partial charge in [0, 0.05) is 17.2 Å². The second kappa shape index (κ2) is 9.28. The predicted octanol–water partition coefficient (Wildman–Crippen LogP) is 6.30. The molecule has 0 bridgehead atoms. The molecule has 1 heterocycles. The molecule has 1 aliphatic rings. The Labute approximate surface area is 182 Å². The SMILES string of the molecule is CCC1CCc2c(sc(NC(=O)CC(c3ccccc3)c3ccccc3)c2C#N)C1. The number of hydrogen-bond donors (Lipinski definition) is 1. The van der Waals surface area contributed by atoms with Gasteiger partial charge in [0.25, 0.3) is 0 Å². The summed E-state index contributed by atoms with van der Waals surface area (Å²) in [5.41, 5.74) is 4.07. The summed E-state index contributed by atoms with van der Waals surface area (Å²) in [5.74, 6) is 0.624. The lowest BCUT2D eigenvalue weighted by Gasteiger charge is -2.20. The third-order valence-electron chi connectivity index (χ3n) is 6.10. The van der Waals surface area contributed by atoms with Gasteiger partial charge in [0.1, 0.15) is 11.1 Å². The van der Waals surface area contributed by atoms with Gasteiger partial charge < -0.3 is 5.32 Å². The average Bonchev–Trinajstić information content (AvgIpc) is 3.14. The summed E-state index contributed by atoms with van der Waals surface area (Å²) in [6.07, 6.45) is 4.61. The van der Waals surface area contributed by atoms with Crippen molar-refractivity contribution in [3.8, 4) is 6.07 Å². The normalized spacial score (nSPS) is 15.4. The zero-order valence-corrected chi connectivity index (χ0v) is 18.0. The molecule has 0 saturated carbocycles. The summed E-state index contributed by atoms with van der Waals surface area (Å²) in [6, 6.07) is 22.6. The molecule has 1 amide bonds. The summed E-state index contributed by atoms with van der Waals surface area (Å²) >= 11 is 1.60. The molecule has 3 nitrogen and oxygen atoms in total. The van der Waals surface area contributed by atoms with Crippen LogP contribution in [0.15, 0.2) is 60.7 Å². The van der Waals surface area contributed by atoms with E-state index >= 15 is 0 Å². The van der Waals surface area contributed by atoms with Crippen molar-refractivity contribution in [2.45, 2.75) is 44.9 Å². The molecule has 2 aromatic carbocycles. The fraction of sp³-hybridized carbons (Fsp3) is 0.308. The Hall–Kier alpha value is -2.90. The maximum Gasteiger partial charge on any atom is 0.225 e. The standard InChI is InChI=1S/C26H26N2OS/c1-2-18-13-14-21-23(17-27)26(30-24(21)15-18)28-25(29)16-22(19-9-5-3-6-10-19)20-11-7-4-8-12-20/h3-12,18,22H,2,13-16H2,1H3,(H,28,29). The highest BCUT2D eigenvalue weighted by atomic mass is 32.1. The van der Waals surface area contributed by atoms with Gasteiger partial charge in [-0.3, -0.25) is 4.79 Å². The van der Waals surface area contributed by atoms with Gasteiger partial charge in [-0.2, -0.15) is 5.26 Å². The van der Waals surface area contributed by atoms with Gasteiger partial charge >= 0.3 is 0 Å². The Morgan fingerprint density at radius 2 is 1.77 bits per heavy atom. The summed E-state index contributed by atoms with van der Waals surface area (Å²) < 4.78 is 0. The van der Waals surface area contributed by atoms with Crippen molar-refractivity contribution in [1.29, 1.82) is 5.26 Å². The van der Waals surface area contributed by atoms with Crippen LogP contribution < -0.4 is 5.32 Å². The summed E-state index contributed by atoms with van der Waals surface area (Å²) in [7, 11) is 0. The maximum atomic E-state index is 13.1. The van der Waals surface area contributed by atoms with Crippen LogP contribution in [0.3, 0.4) is 0 Å². The highest BCUT2D eigenvalue weighted by Crippen LogP contribution is 2.40. The molecule has 3 aromatic rings. The summed E-state index contributed by atoms with van der Waals surface area (Å²) in [4.78, 5) is 14.3. The van der Waals surface area contributed by atoms with Crippen LogP contribution in [0.4, 0.5) is 5.00 Å². The molecule has 4 heteroatoms. The number of thiophene rings is 1. The van der Waals surface area contributed by atoms with E-state index in [0.29, 0.717) is 17.9 Å². The van der Waals surface area contributed by atoms with Crippen molar-refractivity contribution < 1.29 is 4.79 Å². The fourth-order valence-corrected chi connectivity index (χ4v) is 5.70. The lowest BCUT2D eigenvalue weighted by Crippen LogP contribution is -2.16. The van der Waals surface area contributed by atoms with Crippen LogP contribution in [-0.2, 0) is 17.6 Å². The second-order valence-corrected chi connectivity index (χ2v) is 9.07. The molecule has 1 unspecified atom stereocenters. The van der Waals surface area contributed by atoms with E-state index in [-0.39, 0.29) is 11.8 Å². The monoisotopic (exact) mass is 414 g/mol. The Morgan fingerprint density at radius 1 is 1.13 bits per heavy atom. The van der Waals surface area contributed by atoms with Crippen LogP contribution in [0.2, 0.25) is 0 Å². The van der Waals surface area contributed by atoms with Gasteiger partial charge in [-0.1, -0.05) is 74.0 Å². The van der Waals surface area contributed by atoms with Gasteiger partial charge in [0.2, 0.25) is 5.91 Å². The molecule has 0 aliphatic heterocycles. The number of anilines is 1. The Kier molecular flexibility index (Phi) is 6.30. The molecular formula is C26H26N2OS. The summed E-state index contributed by atoms with van der Waals surface area (Å²) in [6.45, 7) is 2.23. The quantitative estimate of drug-likeness (QED) is 0.515. The number of carbonyl (C=O) groups is 1. The molecule has 0 fully saturated rings. The third-order valence-corrected chi connectivity index (χ3v) is 7.27. The van der Waals surface area contributed by atoms with Gasteiger partial charge in [0.15, 0.2) is 0 Å². The topological polar surface area (TPSA) is 52.9 Å². The number of rotatable bonds is 6. The minimum absolute atomic E-state index is 0.0167. The highest BCUT2D eigenvalue weighted by Gasteiger charge is 2.26. The lowest BCUT2D eigenvalue weighted by atomic mass is 9.86. The van der Waals surface area contributed by atoms with Crippen LogP contribution in [0.5, 0.6) is 0 Å². The van der Waals surface area contributed by atoms with Crippen molar-refractivity contribution in [2.75, 3.05) is 5.32 Å². The Balaban J connectivity index is 1.56. The third kappa shape index (κ3) is 4.32. The van der Waals surface area contributed by atoms with Gasteiger partial charge in [-0.25, -0.2) is 0 Å². The summed E-state index contributed by atoms with van der Waals surface area (Å²) in [5, 5.41) is 13.5. The number of hydrogen-bond acceptors (Lipinski definition) is 3. The van der Waals surface area contributed by atoms with Crippen molar-refractivity contribution in [2.24, 2.45) is 5.92 Å². The number of benzene rings is 2. The maximum absolute atomic E-state index is 13.1. The minimum atomic E-state index is -0.0464. The Morgan fingerprint density at radius 3 is 2.33 bits per heavy atom. The van der Waals surface area contributed by atoms with E-state index in [1.54, 1.807) is 11.3 Å². The molecule has 30 heavy (non-hydrogen) atoms.